The molecule has 0 radical (unpaired) electrons. The van der Waals surface area contributed by atoms with Crippen molar-refractivity contribution in [2.75, 3.05) is 5.75 Å². The van der Waals surface area contributed by atoms with Crippen molar-refractivity contribution < 1.29 is 8.42 Å². The Morgan fingerprint density at radius 1 is 1.39 bits per heavy atom. The van der Waals surface area contributed by atoms with Gasteiger partial charge in [0, 0.05) is 22.0 Å². The van der Waals surface area contributed by atoms with Crippen molar-refractivity contribution >= 4 is 25.8 Å². The van der Waals surface area contributed by atoms with E-state index in [2.05, 4.69) is 40.3 Å². The van der Waals surface area contributed by atoms with Gasteiger partial charge in [-0.25, -0.2) is 8.42 Å². The minimum Gasteiger partial charge on any atom is -0.307 e. The number of sulfone groups is 1. The third-order valence-corrected chi connectivity index (χ3v) is 4.81. The minimum atomic E-state index is -2.97. The zero-order valence-corrected chi connectivity index (χ0v) is 12.5. The van der Waals surface area contributed by atoms with E-state index in [0.717, 1.165) is 10.9 Å². The summed E-state index contributed by atoms with van der Waals surface area (Å²) in [5.74, 6) is 0.178. The van der Waals surface area contributed by atoms with Gasteiger partial charge in [0.05, 0.1) is 5.75 Å². The van der Waals surface area contributed by atoms with E-state index in [1.54, 1.807) is 6.08 Å². The fourth-order valence-corrected chi connectivity index (χ4v) is 3.59. The lowest BCUT2D eigenvalue weighted by Gasteiger charge is -2.17. The van der Waals surface area contributed by atoms with Crippen LogP contribution >= 0.6 is 15.9 Å². The summed E-state index contributed by atoms with van der Waals surface area (Å²) in [6.45, 7) is 2.07. The number of nitrogens with one attached hydrogen (secondary N) is 1. The van der Waals surface area contributed by atoms with Gasteiger partial charge in [-0.2, -0.15) is 0 Å². The largest absolute Gasteiger partial charge is 0.307 e. The molecule has 2 unspecified atom stereocenters. The molecule has 98 valence electrons. The van der Waals surface area contributed by atoms with Crippen LogP contribution in [0.25, 0.3) is 0 Å². The quantitative estimate of drug-likeness (QED) is 0.921. The van der Waals surface area contributed by atoms with Gasteiger partial charge in [-0.1, -0.05) is 34.1 Å². The Morgan fingerprint density at radius 3 is 2.61 bits per heavy atom. The average molecular weight is 330 g/mol. The van der Waals surface area contributed by atoms with Crippen LogP contribution in [0.3, 0.4) is 0 Å². The lowest BCUT2D eigenvalue weighted by molar-refractivity contribution is 0.514. The highest BCUT2D eigenvalue weighted by Gasteiger charge is 2.22. The van der Waals surface area contributed by atoms with Crippen molar-refractivity contribution in [1.82, 2.24) is 5.32 Å². The highest BCUT2D eigenvalue weighted by Crippen LogP contribution is 2.13. The first-order chi connectivity index (χ1) is 8.44. The van der Waals surface area contributed by atoms with Crippen LogP contribution in [0.2, 0.25) is 0 Å². The molecular weight excluding hydrogens is 314 g/mol. The molecule has 1 aliphatic rings. The van der Waals surface area contributed by atoms with Gasteiger partial charge in [0.1, 0.15) is 0 Å². The summed E-state index contributed by atoms with van der Waals surface area (Å²) in [6, 6.07) is 8.37. The van der Waals surface area contributed by atoms with Crippen LogP contribution in [0, 0.1) is 0 Å². The second-order valence-corrected chi connectivity index (χ2v) is 7.51. The van der Waals surface area contributed by atoms with Crippen molar-refractivity contribution in [3.63, 3.8) is 0 Å². The van der Waals surface area contributed by atoms with Crippen LogP contribution in [-0.2, 0) is 16.3 Å². The summed E-state index contributed by atoms with van der Waals surface area (Å²) >= 11 is 3.40. The van der Waals surface area contributed by atoms with E-state index in [4.69, 9.17) is 0 Å². The molecule has 0 bridgehead atoms. The first kappa shape index (κ1) is 13.8. The molecule has 0 aliphatic carbocycles. The molecule has 18 heavy (non-hydrogen) atoms. The Morgan fingerprint density at radius 2 is 2.06 bits per heavy atom. The van der Waals surface area contributed by atoms with E-state index in [0.29, 0.717) is 0 Å². The molecule has 1 aromatic rings. The molecule has 0 spiro atoms. The maximum Gasteiger partial charge on any atom is 0.173 e. The molecule has 1 aliphatic heterocycles. The molecular formula is C13H16BrNO2S. The maximum absolute atomic E-state index is 11.3. The van der Waals surface area contributed by atoms with Crippen molar-refractivity contribution in [2.45, 2.75) is 25.4 Å². The summed E-state index contributed by atoms with van der Waals surface area (Å²) in [5.41, 5.74) is 1.24. The van der Waals surface area contributed by atoms with Crippen molar-refractivity contribution in [2.24, 2.45) is 0 Å². The molecule has 2 atom stereocenters. The van der Waals surface area contributed by atoms with Gasteiger partial charge in [-0.15, -0.1) is 0 Å². The van der Waals surface area contributed by atoms with E-state index < -0.39 is 9.84 Å². The molecule has 0 aromatic heterocycles. The Labute approximate surface area is 116 Å². The fraction of sp³-hybridized carbons (Fsp3) is 0.385. The van der Waals surface area contributed by atoms with E-state index in [1.165, 1.54) is 11.0 Å². The Hall–Kier alpha value is -0.650. The van der Waals surface area contributed by atoms with E-state index in [-0.39, 0.29) is 17.8 Å². The Balaban J connectivity index is 1.88. The molecule has 0 fully saturated rings. The van der Waals surface area contributed by atoms with Gasteiger partial charge in [-0.05, 0) is 31.0 Å². The van der Waals surface area contributed by atoms with Gasteiger partial charge >= 0.3 is 0 Å². The SMILES string of the molecule is CC(Cc1ccc(Br)cc1)NC1C=CS(=O)(=O)C1. The topological polar surface area (TPSA) is 46.2 Å². The van der Waals surface area contributed by atoms with Crippen LogP contribution in [0.5, 0.6) is 0 Å². The molecule has 0 saturated heterocycles. The summed E-state index contributed by atoms with van der Waals surface area (Å²) in [5, 5.41) is 4.62. The highest BCUT2D eigenvalue weighted by atomic mass is 79.9. The van der Waals surface area contributed by atoms with Gasteiger partial charge < -0.3 is 5.32 Å². The number of rotatable bonds is 4. The monoisotopic (exact) mass is 329 g/mol. The van der Waals surface area contributed by atoms with E-state index in [9.17, 15) is 8.42 Å². The zero-order chi connectivity index (χ0) is 13.2. The molecule has 0 amide bonds. The van der Waals surface area contributed by atoms with E-state index in [1.807, 2.05) is 12.1 Å². The normalized spacial score (nSPS) is 23.1. The number of hydrogen-bond acceptors (Lipinski definition) is 3. The third kappa shape index (κ3) is 3.93. The van der Waals surface area contributed by atoms with Crippen LogP contribution in [0.4, 0.5) is 0 Å². The summed E-state index contributed by atoms with van der Waals surface area (Å²) in [7, 11) is -2.97. The van der Waals surface area contributed by atoms with Gasteiger partial charge in [0.25, 0.3) is 0 Å². The van der Waals surface area contributed by atoms with Gasteiger partial charge in [0.2, 0.25) is 0 Å². The Bertz CT molecular complexity index is 537. The second kappa shape index (κ2) is 5.55. The van der Waals surface area contributed by atoms with Crippen LogP contribution < -0.4 is 5.32 Å². The number of hydrogen-bond donors (Lipinski definition) is 1. The van der Waals surface area contributed by atoms with Crippen LogP contribution in [-0.4, -0.2) is 26.3 Å². The summed E-state index contributed by atoms with van der Waals surface area (Å²) < 4.78 is 23.6. The molecule has 1 N–H and O–H groups in total. The smallest absolute Gasteiger partial charge is 0.173 e. The highest BCUT2D eigenvalue weighted by molar-refractivity contribution is 9.10. The predicted molar refractivity (Wildman–Crippen MR) is 77.2 cm³/mol. The lowest BCUT2D eigenvalue weighted by Crippen LogP contribution is -2.38. The minimum absolute atomic E-state index is 0.0551. The summed E-state index contributed by atoms with van der Waals surface area (Å²) in [6.07, 6.45) is 2.62. The zero-order valence-electron chi connectivity index (χ0n) is 10.1. The van der Waals surface area contributed by atoms with Crippen molar-refractivity contribution in [3.8, 4) is 0 Å². The predicted octanol–water partition coefficient (Wildman–Crippen LogP) is 2.28. The molecule has 1 heterocycles. The maximum atomic E-state index is 11.3. The van der Waals surface area contributed by atoms with Gasteiger partial charge in [0.15, 0.2) is 9.84 Å². The average Bonchev–Trinajstić information content (AvgIpc) is 2.61. The standard InChI is InChI=1S/C13H16BrNO2S/c1-10(8-11-2-4-12(14)5-3-11)15-13-6-7-18(16,17)9-13/h2-7,10,13,15H,8-9H2,1H3. The van der Waals surface area contributed by atoms with Crippen LogP contribution in [0.1, 0.15) is 12.5 Å². The van der Waals surface area contributed by atoms with Gasteiger partial charge in [-0.3, -0.25) is 0 Å². The fourth-order valence-electron chi connectivity index (χ4n) is 2.08. The first-order valence-corrected chi connectivity index (χ1v) is 8.37. The van der Waals surface area contributed by atoms with Crippen molar-refractivity contribution in [3.05, 3.63) is 45.8 Å². The van der Waals surface area contributed by atoms with E-state index >= 15 is 0 Å². The molecule has 2 rings (SSSR count). The molecule has 1 aromatic carbocycles. The molecule has 3 nitrogen and oxygen atoms in total. The second-order valence-electron chi connectivity index (χ2n) is 4.66. The number of halogens is 1. The van der Waals surface area contributed by atoms with Crippen molar-refractivity contribution in [1.29, 1.82) is 0 Å². The lowest BCUT2D eigenvalue weighted by atomic mass is 10.1. The third-order valence-electron chi connectivity index (χ3n) is 2.88. The Kier molecular flexibility index (Phi) is 4.25. The first-order valence-electron chi connectivity index (χ1n) is 5.86. The number of benzene rings is 1. The van der Waals surface area contributed by atoms with Crippen LogP contribution in [0.15, 0.2) is 40.2 Å². The summed E-state index contributed by atoms with van der Waals surface area (Å²) in [4.78, 5) is 0. The molecule has 5 heteroatoms. The molecule has 0 saturated carbocycles.